The average Bonchev–Trinajstić information content (AvgIpc) is 2.92. The van der Waals surface area contributed by atoms with Gasteiger partial charge >= 0.3 is 0 Å². The summed E-state index contributed by atoms with van der Waals surface area (Å²) < 4.78 is 1.88. The van der Waals surface area contributed by atoms with Crippen molar-refractivity contribution in [2.45, 2.75) is 65.8 Å². The Labute approximate surface area is 140 Å². The molecule has 3 heteroatoms. The van der Waals surface area contributed by atoms with Crippen molar-refractivity contribution in [1.82, 2.24) is 0 Å². The highest BCUT2D eigenvalue weighted by molar-refractivity contribution is 5.73. The monoisotopic (exact) mass is 315 g/mol. The van der Waals surface area contributed by atoms with E-state index in [1.54, 1.807) is 0 Å². The number of hydrogen-bond donors (Lipinski definition) is 0. The minimum absolute atomic E-state index is 0.248. The predicted molar refractivity (Wildman–Crippen MR) is 92.4 cm³/mol. The Morgan fingerprint density at radius 1 is 1.35 bits per heavy atom. The molecule has 1 atom stereocenters. The van der Waals surface area contributed by atoms with E-state index in [9.17, 15) is 9.90 Å². The van der Waals surface area contributed by atoms with Crippen LogP contribution in [0.1, 0.15) is 59.8 Å². The summed E-state index contributed by atoms with van der Waals surface area (Å²) in [5, 5.41) is 11.1. The van der Waals surface area contributed by atoms with Crippen molar-refractivity contribution in [2.24, 2.45) is 5.41 Å². The summed E-state index contributed by atoms with van der Waals surface area (Å²) in [4.78, 5) is 11.1. The first-order valence-corrected chi connectivity index (χ1v) is 8.68. The van der Waals surface area contributed by atoms with Gasteiger partial charge in [0.05, 0.1) is 0 Å². The van der Waals surface area contributed by atoms with Crippen LogP contribution in [0.2, 0.25) is 0 Å². The minimum atomic E-state index is -0.968. The molecule has 0 aromatic rings. The van der Waals surface area contributed by atoms with Crippen molar-refractivity contribution in [3.63, 3.8) is 0 Å². The Morgan fingerprint density at radius 3 is 2.74 bits per heavy atom. The van der Waals surface area contributed by atoms with Gasteiger partial charge in [0.1, 0.15) is 12.5 Å². The molecule has 1 heterocycles. The van der Waals surface area contributed by atoms with E-state index in [1.807, 2.05) is 16.9 Å². The standard InChI is InChI=1S/C20H29NO2/c1-15(11-14-21-13-6-8-18(21)19(22)23)9-10-17-16(2)7-5-12-20(17,3)4/h9-11,14,18H,5-8,12-13H2,1-4H3/b10-9+,15-11+,21-14?. The molecule has 1 saturated heterocycles. The van der Waals surface area contributed by atoms with Crippen LogP contribution in [-0.2, 0) is 4.79 Å². The first-order valence-electron chi connectivity index (χ1n) is 8.68. The third kappa shape index (κ3) is 4.43. The topological polar surface area (TPSA) is 43.1 Å². The molecule has 2 aliphatic rings. The highest BCUT2D eigenvalue weighted by atomic mass is 16.4. The molecule has 2 rings (SSSR count). The summed E-state index contributed by atoms with van der Waals surface area (Å²) in [7, 11) is 0. The largest absolute Gasteiger partial charge is 0.543 e. The van der Waals surface area contributed by atoms with Gasteiger partial charge in [-0.2, -0.15) is 0 Å². The van der Waals surface area contributed by atoms with Gasteiger partial charge in [-0.3, -0.25) is 0 Å². The first-order chi connectivity index (χ1) is 10.8. The second kappa shape index (κ2) is 7.29. The summed E-state index contributed by atoms with van der Waals surface area (Å²) in [6.45, 7) is 9.72. The number of nitrogens with zero attached hydrogens (tertiary/aromatic N) is 1. The summed E-state index contributed by atoms with van der Waals surface area (Å²) in [5.41, 5.74) is 4.32. The van der Waals surface area contributed by atoms with Gasteiger partial charge in [0.25, 0.3) is 0 Å². The van der Waals surface area contributed by atoms with E-state index in [-0.39, 0.29) is 5.41 Å². The van der Waals surface area contributed by atoms with Gasteiger partial charge in [0, 0.05) is 18.9 Å². The first kappa shape index (κ1) is 17.7. The molecule has 0 aromatic carbocycles. The third-order valence-corrected chi connectivity index (χ3v) is 5.15. The van der Waals surface area contributed by atoms with Crippen LogP contribution in [0.3, 0.4) is 0 Å². The van der Waals surface area contributed by atoms with Crippen LogP contribution in [0.25, 0.3) is 0 Å². The van der Waals surface area contributed by atoms with Gasteiger partial charge in [-0.1, -0.05) is 31.6 Å². The smallest absolute Gasteiger partial charge is 0.192 e. The van der Waals surface area contributed by atoms with Crippen molar-refractivity contribution in [3.8, 4) is 0 Å². The van der Waals surface area contributed by atoms with Crippen molar-refractivity contribution in [2.75, 3.05) is 6.54 Å². The molecule has 1 fully saturated rings. The van der Waals surface area contributed by atoms with E-state index in [4.69, 9.17) is 0 Å². The number of carboxylic acid groups (broad SMARTS) is 1. The summed E-state index contributed by atoms with van der Waals surface area (Å²) in [6.07, 6.45) is 13.6. The van der Waals surface area contributed by atoms with Crippen LogP contribution < -0.4 is 5.11 Å². The minimum Gasteiger partial charge on any atom is -0.543 e. The average molecular weight is 315 g/mol. The molecule has 3 nitrogen and oxygen atoms in total. The molecule has 1 unspecified atom stereocenters. The predicted octanol–water partition coefficient (Wildman–Crippen LogP) is 3.01. The van der Waals surface area contributed by atoms with Gasteiger partial charge < -0.3 is 9.90 Å². The van der Waals surface area contributed by atoms with E-state index in [2.05, 4.69) is 39.8 Å². The van der Waals surface area contributed by atoms with E-state index in [1.165, 1.54) is 30.4 Å². The second-order valence-electron chi connectivity index (χ2n) is 7.54. The molecule has 1 aliphatic heterocycles. The lowest BCUT2D eigenvalue weighted by Crippen LogP contribution is -2.40. The molecule has 0 N–H and O–H groups in total. The van der Waals surface area contributed by atoms with Crippen LogP contribution in [0.5, 0.6) is 0 Å². The summed E-state index contributed by atoms with van der Waals surface area (Å²) in [5.74, 6) is -0.968. The van der Waals surface area contributed by atoms with Gasteiger partial charge in [0.15, 0.2) is 12.3 Å². The molecule has 1 aliphatic carbocycles. The van der Waals surface area contributed by atoms with Crippen LogP contribution >= 0.6 is 0 Å². The third-order valence-electron chi connectivity index (χ3n) is 5.15. The normalized spacial score (nSPS) is 27.2. The van der Waals surface area contributed by atoms with Gasteiger partial charge in [-0.15, -0.1) is 0 Å². The van der Waals surface area contributed by atoms with Crippen molar-refractivity contribution >= 4 is 12.2 Å². The molecule has 23 heavy (non-hydrogen) atoms. The zero-order chi connectivity index (χ0) is 17.0. The maximum absolute atomic E-state index is 11.1. The number of aliphatic carboxylic acids is 1. The molecule has 0 aromatic heterocycles. The Hall–Kier alpha value is -1.64. The van der Waals surface area contributed by atoms with E-state index < -0.39 is 12.0 Å². The Kier molecular flexibility index (Phi) is 5.61. The van der Waals surface area contributed by atoms with Crippen LogP contribution in [-0.4, -0.2) is 29.3 Å². The van der Waals surface area contributed by atoms with Crippen molar-refractivity contribution in [1.29, 1.82) is 0 Å². The molecular weight excluding hydrogens is 286 g/mol. The van der Waals surface area contributed by atoms with E-state index in [0.717, 1.165) is 18.5 Å². The lowest BCUT2D eigenvalue weighted by Gasteiger charge is -2.32. The fraction of sp³-hybridized carbons (Fsp3) is 0.600. The SMILES string of the molecule is CC1=C(/C=C/C(C)=C/C=[N+]2CCCC2C(=O)[O-])C(C)(C)CCC1. The lowest BCUT2D eigenvalue weighted by molar-refractivity contribution is -0.538. The van der Waals surface area contributed by atoms with Gasteiger partial charge in [0.2, 0.25) is 0 Å². The van der Waals surface area contributed by atoms with Crippen molar-refractivity contribution in [3.05, 3.63) is 34.9 Å². The fourth-order valence-corrected chi connectivity index (χ4v) is 3.71. The number of allylic oxidation sites excluding steroid dienone is 6. The maximum Gasteiger partial charge on any atom is 0.192 e. The molecule has 0 radical (unpaired) electrons. The van der Waals surface area contributed by atoms with E-state index in [0.29, 0.717) is 6.42 Å². The zero-order valence-electron chi connectivity index (χ0n) is 14.9. The highest BCUT2D eigenvalue weighted by Gasteiger charge is 2.28. The highest BCUT2D eigenvalue weighted by Crippen LogP contribution is 2.40. The molecular formula is C20H29NO2. The Bertz CT molecular complexity index is 591. The van der Waals surface area contributed by atoms with E-state index >= 15 is 0 Å². The Balaban J connectivity index is 2.12. The molecule has 126 valence electrons. The Morgan fingerprint density at radius 2 is 2.09 bits per heavy atom. The number of rotatable bonds is 4. The van der Waals surface area contributed by atoms with Crippen molar-refractivity contribution < 1.29 is 14.5 Å². The number of carbonyl (C=O) groups is 1. The second-order valence-corrected chi connectivity index (χ2v) is 7.54. The maximum atomic E-state index is 11.1. The molecule has 0 spiro atoms. The van der Waals surface area contributed by atoms with Gasteiger partial charge in [-0.05, 0) is 49.7 Å². The van der Waals surface area contributed by atoms with Crippen LogP contribution in [0.4, 0.5) is 0 Å². The number of carboxylic acids is 1. The summed E-state index contributed by atoms with van der Waals surface area (Å²) in [6, 6.07) is -0.467. The van der Waals surface area contributed by atoms with Gasteiger partial charge in [-0.25, -0.2) is 4.58 Å². The molecule has 0 saturated carbocycles. The molecule has 0 bridgehead atoms. The number of hydrogen-bond acceptors (Lipinski definition) is 2. The number of carbonyl (C=O) groups excluding carboxylic acids is 1. The zero-order valence-corrected chi connectivity index (χ0v) is 14.9. The van der Waals surface area contributed by atoms with Crippen LogP contribution in [0.15, 0.2) is 34.9 Å². The molecule has 0 amide bonds. The van der Waals surface area contributed by atoms with Crippen LogP contribution in [0, 0.1) is 5.41 Å². The summed E-state index contributed by atoms with van der Waals surface area (Å²) >= 11 is 0. The fourth-order valence-electron chi connectivity index (χ4n) is 3.71. The lowest BCUT2D eigenvalue weighted by atomic mass is 9.72. The quantitative estimate of drug-likeness (QED) is 0.591.